The molecule has 1 N–H and O–H groups in total. The van der Waals surface area contributed by atoms with Crippen LogP contribution in [0.4, 0.5) is 5.69 Å². The second kappa shape index (κ2) is 4.47. The number of carboxylic acids is 1. The highest BCUT2D eigenvalue weighted by Gasteiger charge is 2.37. The molecule has 0 bridgehead atoms. The van der Waals surface area contributed by atoms with Crippen LogP contribution in [0.5, 0.6) is 0 Å². The summed E-state index contributed by atoms with van der Waals surface area (Å²) in [7, 11) is 0. The van der Waals surface area contributed by atoms with E-state index in [4.69, 9.17) is 11.6 Å². The predicted molar refractivity (Wildman–Crippen MR) is 73.6 cm³/mol. The Morgan fingerprint density at radius 3 is 2.50 bits per heavy atom. The van der Waals surface area contributed by atoms with E-state index in [1.165, 1.54) is 0 Å². The van der Waals surface area contributed by atoms with Gasteiger partial charge in [0.05, 0.1) is 11.3 Å². The van der Waals surface area contributed by atoms with E-state index in [2.05, 4.69) is 25.7 Å². The fraction of sp³-hybridized carbons (Fsp3) is 0.500. The van der Waals surface area contributed by atoms with Crippen LogP contribution in [-0.2, 0) is 0 Å². The van der Waals surface area contributed by atoms with Crippen LogP contribution in [0, 0.1) is 11.3 Å². The predicted octanol–water partition coefficient (Wildman–Crippen LogP) is 3.52. The molecule has 0 aromatic heterocycles. The Morgan fingerprint density at radius 1 is 1.39 bits per heavy atom. The van der Waals surface area contributed by atoms with Gasteiger partial charge in [0.1, 0.15) is 0 Å². The number of carboxylic acid groups (broad SMARTS) is 1. The summed E-state index contributed by atoms with van der Waals surface area (Å²) in [6.45, 7) is 8.43. The second-order valence-corrected chi connectivity index (χ2v) is 6.37. The molecule has 0 aliphatic carbocycles. The summed E-state index contributed by atoms with van der Waals surface area (Å²) in [5, 5.41) is 9.76. The number of hydrogen-bond donors (Lipinski definition) is 1. The lowest BCUT2D eigenvalue weighted by Gasteiger charge is -2.48. The maximum Gasteiger partial charge on any atom is 0.337 e. The molecular formula is C14H18ClNO2. The van der Waals surface area contributed by atoms with Gasteiger partial charge in [-0.15, -0.1) is 0 Å². The number of benzene rings is 1. The van der Waals surface area contributed by atoms with Gasteiger partial charge in [0.2, 0.25) is 0 Å². The molecule has 0 saturated carbocycles. The Labute approximate surface area is 112 Å². The van der Waals surface area contributed by atoms with Crippen molar-refractivity contribution in [3.63, 3.8) is 0 Å². The fourth-order valence-electron chi connectivity index (χ4n) is 2.17. The normalized spacial score (nSPS) is 16.6. The van der Waals surface area contributed by atoms with Gasteiger partial charge in [-0.05, 0) is 29.5 Å². The maximum atomic E-state index is 11.2. The van der Waals surface area contributed by atoms with Gasteiger partial charge in [-0.2, -0.15) is 0 Å². The lowest BCUT2D eigenvalue weighted by molar-refractivity contribution is 0.0697. The van der Waals surface area contributed by atoms with Crippen molar-refractivity contribution in [1.29, 1.82) is 0 Å². The van der Waals surface area contributed by atoms with Crippen LogP contribution in [0.25, 0.3) is 0 Å². The van der Waals surface area contributed by atoms with Crippen LogP contribution < -0.4 is 4.90 Å². The zero-order chi connectivity index (χ0) is 13.5. The van der Waals surface area contributed by atoms with E-state index in [0.29, 0.717) is 16.5 Å². The topological polar surface area (TPSA) is 40.5 Å². The molecule has 1 saturated heterocycles. The zero-order valence-corrected chi connectivity index (χ0v) is 11.7. The van der Waals surface area contributed by atoms with Crippen molar-refractivity contribution in [2.75, 3.05) is 18.0 Å². The smallest absolute Gasteiger partial charge is 0.337 e. The SMILES string of the molecule is CC(C)(C)C1CN(c2cc(Cl)ccc2C(=O)O)C1. The Hall–Kier alpha value is -1.22. The van der Waals surface area contributed by atoms with Crippen molar-refractivity contribution in [1.82, 2.24) is 0 Å². The van der Waals surface area contributed by atoms with Gasteiger partial charge in [0, 0.05) is 18.1 Å². The number of rotatable bonds is 2. The van der Waals surface area contributed by atoms with E-state index in [1.54, 1.807) is 18.2 Å². The first-order valence-corrected chi connectivity index (χ1v) is 6.44. The molecule has 0 amide bonds. The Bertz CT molecular complexity index is 473. The van der Waals surface area contributed by atoms with Crippen molar-refractivity contribution in [2.24, 2.45) is 11.3 Å². The minimum Gasteiger partial charge on any atom is -0.478 e. The number of halogens is 1. The van der Waals surface area contributed by atoms with E-state index in [1.807, 2.05) is 0 Å². The molecule has 1 aromatic carbocycles. The number of anilines is 1. The first-order chi connectivity index (χ1) is 8.29. The summed E-state index contributed by atoms with van der Waals surface area (Å²) in [6.07, 6.45) is 0. The highest BCUT2D eigenvalue weighted by Crippen LogP contribution is 2.38. The molecule has 98 valence electrons. The highest BCUT2D eigenvalue weighted by molar-refractivity contribution is 6.31. The van der Waals surface area contributed by atoms with Gasteiger partial charge in [-0.25, -0.2) is 4.79 Å². The quantitative estimate of drug-likeness (QED) is 0.891. The zero-order valence-electron chi connectivity index (χ0n) is 10.9. The van der Waals surface area contributed by atoms with Crippen LogP contribution in [0.3, 0.4) is 0 Å². The molecule has 18 heavy (non-hydrogen) atoms. The van der Waals surface area contributed by atoms with Gasteiger partial charge in [0.25, 0.3) is 0 Å². The molecule has 1 aromatic rings. The van der Waals surface area contributed by atoms with Gasteiger partial charge in [-0.3, -0.25) is 0 Å². The molecule has 2 rings (SSSR count). The maximum absolute atomic E-state index is 11.2. The molecular weight excluding hydrogens is 250 g/mol. The molecule has 0 spiro atoms. The van der Waals surface area contributed by atoms with E-state index >= 15 is 0 Å². The van der Waals surface area contributed by atoms with E-state index < -0.39 is 5.97 Å². The lowest BCUT2D eigenvalue weighted by Crippen LogP contribution is -2.52. The Morgan fingerprint density at radius 2 is 2.00 bits per heavy atom. The number of nitrogens with zero attached hydrogens (tertiary/aromatic N) is 1. The third-order valence-corrected chi connectivity index (χ3v) is 3.87. The average molecular weight is 268 g/mol. The summed E-state index contributed by atoms with van der Waals surface area (Å²) in [5.41, 5.74) is 1.32. The third-order valence-electron chi connectivity index (χ3n) is 3.64. The average Bonchev–Trinajstić information content (AvgIpc) is 2.12. The highest BCUT2D eigenvalue weighted by atomic mass is 35.5. The minimum atomic E-state index is -0.902. The number of hydrogen-bond acceptors (Lipinski definition) is 2. The molecule has 1 fully saturated rings. The van der Waals surface area contributed by atoms with Crippen molar-refractivity contribution in [2.45, 2.75) is 20.8 Å². The van der Waals surface area contributed by atoms with Crippen LogP contribution in [0.1, 0.15) is 31.1 Å². The number of carbonyl (C=O) groups is 1. The van der Waals surface area contributed by atoms with E-state index in [-0.39, 0.29) is 5.41 Å². The van der Waals surface area contributed by atoms with Crippen molar-refractivity contribution in [3.8, 4) is 0 Å². The molecule has 0 unspecified atom stereocenters. The largest absolute Gasteiger partial charge is 0.478 e. The van der Waals surface area contributed by atoms with Crippen molar-refractivity contribution in [3.05, 3.63) is 28.8 Å². The lowest BCUT2D eigenvalue weighted by atomic mass is 9.75. The van der Waals surface area contributed by atoms with Gasteiger partial charge in [0.15, 0.2) is 0 Å². The standard InChI is InChI=1S/C14H18ClNO2/c1-14(2,3)9-7-16(8-9)12-6-10(15)4-5-11(12)13(17)18/h4-6,9H,7-8H2,1-3H3,(H,17,18). The van der Waals surface area contributed by atoms with Gasteiger partial charge >= 0.3 is 5.97 Å². The first kappa shape index (κ1) is 13.2. The summed E-state index contributed by atoms with van der Waals surface area (Å²) < 4.78 is 0. The fourth-order valence-corrected chi connectivity index (χ4v) is 2.34. The Kier molecular flexibility index (Phi) is 3.28. The molecule has 4 heteroatoms. The van der Waals surface area contributed by atoms with Gasteiger partial charge < -0.3 is 10.0 Å². The van der Waals surface area contributed by atoms with Crippen LogP contribution in [0.15, 0.2) is 18.2 Å². The molecule has 1 heterocycles. The molecule has 3 nitrogen and oxygen atoms in total. The van der Waals surface area contributed by atoms with E-state index in [9.17, 15) is 9.90 Å². The van der Waals surface area contributed by atoms with Crippen LogP contribution in [0.2, 0.25) is 5.02 Å². The van der Waals surface area contributed by atoms with Crippen molar-refractivity contribution >= 4 is 23.3 Å². The molecule has 1 aliphatic rings. The van der Waals surface area contributed by atoms with E-state index in [0.717, 1.165) is 18.8 Å². The molecule has 0 atom stereocenters. The molecule has 0 radical (unpaired) electrons. The third kappa shape index (κ3) is 2.46. The molecule has 1 aliphatic heterocycles. The summed E-state index contributed by atoms with van der Waals surface area (Å²) in [4.78, 5) is 13.3. The monoisotopic (exact) mass is 267 g/mol. The second-order valence-electron chi connectivity index (χ2n) is 5.93. The summed E-state index contributed by atoms with van der Waals surface area (Å²) in [6, 6.07) is 4.93. The summed E-state index contributed by atoms with van der Waals surface area (Å²) in [5.74, 6) is -0.306. The summed E-state index contributed by atoms with van der Waals surface area (Å²) >= 11 is 5.95. The van der Waals surface area contributed by atoms with Crippen molar-refractivity contribution < 1.29 is 9.90 Å². The van der Waals surface area contributed by atoms with Crippen LogP contribution in [-0.4, -0.2) is 24.2 Å². The van der Waals surface area contributed by atoms with Gasteiger partial charge in [-0.1, -0.05) is 32.4 Å². The Balaban J connectivity index is 2.21. The number of aromatic carboxylic acids is 1. The first-order valence-electron chi connectivity index (χ1n) is 6.07. The van der Waals surface area contributed by atoms with Crippen LogP contribution >= 0.6 is 11.6 Å². The minimum absolute atomic E-state index is 0.262.